The number of hydrogen-bond acceptors (Lipinski definition) is 4. The maximum absolute atomic E-state index is 5.66. The Bertz CT molecular complexity index is 501. The molecule has 2 aromatic rings. The van der Waals surface area contributed by atoms with E-state index < -0.39 is 0 Å². The topological polar surface area (TPSA) is 55.0 Å². The molecule has 0 atom stereocenters. The van der Waals surface area contributed by atoms with Gasteiger partial charge in [-0.15, -0.1) is 0 Å². The smallest absolute Gasteiger partial charge is 0.143 e. The Labute approximate surface area is 109 Å². The van der Waals surface area contributed by atoms with E-state index in [1.54, 1.807) is 12.4 Å². The molecular weight excluding hydrogens is 280 g/mol. The number of anilines is 2. The number of nitrogen functional groups attached to an aromatic ring is 1. The first-order chi connectivity index (χ1) is 8.16. The predicted molar refractivity (Wildman–Crippen MR) is 72.7 cm³/mol. The Kier molecular flexibility index (Phi) is 3.58. The van der Waals surface area contributed by atoms with Crippen LogP contribution in [0.1, 0.15) is 5.69 Å². The van der Waals surface area contributed by atoms with Crippen LogP contribution in [0.2, 0.25) is 0 Å². The average Bonchev–Trinajstić information content (AvgIpc) is 2.30. The summed E-state index contributed by atoms with van der Waals surface area (Å²) < 4.78 is 0.885. The lowest BCUT2D eigenvalue weighted by atomic mass is 10.3. The van der Waals surface area contributed by atoms with E-state index in [0.29, 0.717) is 12.2 Å². The van der Waals surface area contributed by atoms with Crippen molar-refractivity contribution in [3.05, 3.63) is 46.8 Å². The molecule has 2 rings (SSSR count). The van der Waals surface area contributed by atoms with Crippen LogP contribution in [0.15, 0.2) is 41.1 Å². The summed E-state index contributed by atoms with van der Waals surface area (Å²) in [5.74, 6) is 0.852. The molecule has 0 spiro atoms. The Morgan fingerprint density at radius 1 is 1.35 bits per heavy atom. The maximum Gasteiger partial charge on any atom is 0.143 e. The van der Waals surface area contributed by atoms with Gasteiger partial charge < -0.3 is 10.6 Å². The normalized spacial score (nSPS) is 10.2. The minimum atomic E-state index is 0.645. The van der Waals surface area contributed by atoms with E-state index in [2.05, 4.69) is 25.9 Å². The van der Waals surface area contributed by atoms with Gasteiger partial charge >= 0.3 is 0 Å². The van der Waals surface area contributed by atoms with E-state index >= 15 is 0 Å². The van der Waals surface area contributed by atoms with E-state index in [4.69, 9.17) is 5.73 Å². The zero-order chi connectivity index (χ0) is 12.3. The largest absolute Gasteiger partial charge is 0.397 e. The fraction of sp³-hybridized carbons (Fsp3) is 0.167. The van der Waals surface area contributed by atoms with Crippen molar-refractivity contribution in [1.29, 1.82) is 0 Å². The summed E-state index contributed by atoms with van der Waals surface area (Å²) in [4.78, 5) is 10.6. The Morgan fingerprint density at radius 2 is 2.18 bits per heavy atom. The molecule has 0 radical (unpaired) electrons. The van der Waals surface area contributed by atoms with E-state index in [1.807, 2.05) is 36.2 Å². The van der Waals surface area contributed by atoms with Crippen LogP contribution in [0.5, 0.6) is 0 Å². The first kappa shape index (κ1) is 11.9. The predicted octanol–water partition coefficient (Wildman–Crippen LogP) is 2.46. The molecule has 0 bridgehead atoms. The number of rotatable bonds is 3. The quantitative estimate of drug-likeness (QED) is 0.944. The summed E-state index contributed by atoms with van der Waals surface area (Å²) in [5.41, 5.74) is 7.30. The zero-order valence-corrected chi connectivity index (χ0v) is 11.1. The van der Waals surface area contributed by atoms with Crippen LogP contribution in [0.3, 0.4) is 0 Å². The van der Waals surface area contributed by atoms with Crippen molar-refractivity contribution in [3.63, 3.8) is 0 Å². The van der Waals surface area contributed by atoms with Gasteiger partial charge in [0, 0.05) is 13.2 Å². The fourth-order valence-corrected chi connectivity index (χ4v) is 2.21. The van der Waals surface area contributed by atoms with Gasteiger partial charge in [-0.3, -0.25) is 4.98 Å². The summed E-state index contributed by atoms with van der Waals surface area (Å²) in [6.45, 7) is 0.705. The summed E-state index contributed by atoms with van der Waals surface area (Å²) in [6.07, 6.45) is 3.43. The highest BCUT2D eigenvalue weighted by Gasteiger charge is 2.08. The second kappa shape index (κ2) is 5.14. The van der Waals surface area contributed by atoms with Gasteiger partial charge in [0.25, 0.3) is 0 Å². The van der Waals surface area contributed by atoms with Crippen molar-refractivity contribution in [2.45, 2.75) is 6.54 Å². The number of pyridine rings is 2. The van der Waals surface area contributed by atoms with Gasteiger partial charge in [-0.2, -0.15) is 0 Å². The second-order valence-corrected chi connectivity index (χ2v) is 4.61. The molecular formula is C12H13BrN4. The van der Waals surface area contributed by atoms with Crippen molar-refractivity contribution in [1.82, 2.24) is 9.97 Å². The summed E-state index contributed by atoms with van der Waals surface area (Å²) >= 11 is 3.46. The lowest BCUT2D eigenvalue weighted by Gasteiger charge is -2.19. The Morgan fingerprint density at radius 3 is 2.82 bits per heavy atom. The SMILES string of the molecule is CN(Cc1ccccn1)c1ncc(N)cc1Br. The van der Waals surface area contributed by atoms with Gasteiger partial charge in [0.2, 0.25) is 0 Å². The number of hydrogen-bond donors (Lipinski definition) is 1. The zero-order valence-electron chi connectivity index (χ0n) is 9.47. The molecule has 2 N–H and O–H groups in total. The Balaban J connectivity index is 2.17. The number of nitrogens with zero attached hydrogens (tertiary/aromatic N) is 3. The highest BCUT2D eigenvalue weighted by Crippen LogP contribution is 2.25. The maximum atomic E-state index is 5.66. The van der Waals surface area contributed by atoms with Crippen LogP contribution in [0.4, 0.5) is 11.5 Å². The first-order valence-electron chi connectivity index (χ1n) is 5.19. The second-order valence-electron chi connectivity index (χ2n) is 3.75. The van der Waals surface area contributed by atoms with Crippen LogP contribution in [0.25, 0.3) is 0 Å². The summed E-state index contributed by atoms with van der Waals surface area (Å²) in [7, 11) is 1.97. The average molecular weight is 293 g/mol. The molecule has 0 aromatic carbocycles. The van der Waals surface area contributed by atoms with E-state index in [0.717, 1.165) is 16.0 Å². The van der Waals surface area contributed by atoms with Crippen LogP contribution in [-0.4, -0.2) is 17.0 Å². The van der Waals surface area contributed by atoms with E-state index in [-0.39, 0.29) is 0 Å². The molecule has 5 heteroatoms. The lowest BCUT2D eigenvalue weighted by molar-refractivity contribution is 0.863. The van der Waals surface area contributed by atoms with Gasteiger partial charge in [0.05, 0.1) is 28.6 Å². The van der Waals surface area contributed by atoms with E-state index in [1.165, 1.54) is 0 Å². The van der Waals surface area contributed by atoms with Crippen LogP contribution < -0.4 is 10.6 Å². The van der Waals surface area contributed by atoms with Gasteiger partial charge in [-0.25, -0.2) is 4.98 Å². The number of aromatic nitrogens is 2. The third-order valence-electron chi connectivity index (χ3n) is 2.33. The molecule has 0 aliphatic rings. The molecule has 88 valence electrons. The molecule has 2 heterocycles. The number of halogens is 1. The Hall–Kier alpha value is -1.62. The molecule has 4 nitrogen and oxygen atoms in total. The highest BCUT2D eigenvalue weighted by molar-refractivity contribution is 9.10. The van der Waals surface area contributed by atoms with Crippen molar-refractivity contribution < 1.29 is 0 Å². The molecule has 0 aliphatic carbocycles. The fourth-order valence-electron chi connectivity index (χ4n) is 1.54. The van der Waals surface area contributed by atoms with Crippen molar-refractivity contribution in [3.8, 4) is 0 Å². The van der Waals surface area contributed by atoms with Gasteiger partial charge in [-0.05, 0) is 34.1 Å². The summed E-state index contributed by atoms with van der Waals surface area (Å²) in [6, 6.07) is 7.71. The third kappa shape index (κ3) is 2.94. The monoisotopic (exact) mass is 292 g/mol. The van der Waals surface area contributed by atoms with Gasteiger partial charge in [0.1, 0.15) is 5.82 Å². The summed E-state index contributed by atoms with van der Waals surface area (Å²) in [5, 5.41) is 0. The lowest BCUT2D eigenvalue weighted by Crippen LogP contribution is -2.18. The minimum absolute atomic E-state index is 0.645. The van der Waals surface area contributed by atoms with Crippen LogP contribution in [-0.2, 0) is 6.54 Å². The molecule has 0 amide bonds. The minimum Gasteiger partial charge on any atom is -0.397 e. The van der Waals surface area contributed by atoms with E-state index in [9.17, 15) is 0 Å². The van der Waals surface area contributed by atoms with Crippen molar-refractivity contribution >= 4 is 27.4 Å². The van der Waals surface area contributed by atoms with Crippen LogP contribution >= 0.6 is 15.9 Å². The molecule has 0 fully saturated rings. The number of nitrogens with two attached hydrogens (primary N) is 1. The molecule has 2 aromatic heterocycles. The molecule has 0 unspecified atom stereocenters. The molecule has 0 aliphatic heterocycles. The standard InChI is InChI=1S/C12H13BrN4/c1-17(8-10-4-2-3-5-15-10)12-11(13)6-9(14)7-16-12/h2-7H,8,14H2,1H3. The molecule has 0 saturated carbocycles. The van der Waals surface area contributed by atoms with Crippen molar-refractivity contribution in [2.75, 3.05) is 17.7 Å². The highest BCUT2D eigenvalue weighted by atomic mass is 79.9. The van der Waals surface area contributed by atoms with Crippen LogP contribution in [0, 0.1) is 0 Å². The molecule has 17 heavy (non-hydrogen) atoms. The van der Waals surface area contributed by atoms with Crippen molar-refractivity contribution in [2.24, 2.45) is 0 Å². The van der Waals surface area contributed by atoms with Gasteiger partial charge in [-0.1, -0.05) is 6.07 Å². The third-order valence-corrected chi connectivity index (χ3v) is 2.91. The first-order valence-corrected chi connectivity index (χ1v) is 5.98. The van der Waals surface area contributed by atoms with Gasteiger partial charge in [0.15, 0.2) is 0 Å². The molecule has 0 saturated heterocycles.